The van der Waals surface area contributed by atoms with Crippen molar-refractivity contribution < 1.29 is 45.4 Å². The van der Waals surface area contributed by atoms with E-state index < -0.39 is 30.3 Å². The van der Waals surface area contributed by atoms with E-state index in [1.165, 1.54) is 0 Å². The van der Waals surface area contributed by atoms with Gasteiger partial charge in [-0.05, 0) is 13.3 Å². The molecule has 2 heterocycles. The first-order valence-electron chi connectivity index (χ1n) is 8.29. The summed E-state index contributed by atoms with van der Waals surface area (Å²) in [6.07, 6.45) is -7.93. The van der Waals surface area contributed by atoms with Crippen molar-refractivity contribution in [3.05, 3.63) is 24.3 Å². The molecule has 0 bridgehead atoms. The van der Waals surface area contributed by atoms with Crippen molar-refractivity contribution in [2.45, 2.75) is 32.1 Å². The fraction of sp³-hybridized carbons (Fsp3) is 0.438. The maximum absolute atomic E-state index is 14.3. The summed E-state index contributed by atoms with van der Waals surface area (Å²) in [6.45, 7) is 2.94. The number of ether oxygens (including phenoxy) is 1. The second-order valence-corrected chi connectivity index (χ2v) is 6.08. The molecule has 7 nitrogen and oxygen atoms in total. The maximum Gasteiger partial charge on any atom is 0.573 e. The number of likely N-dealkylation sites (tertiary alicyclic amines) is 1. The van der Waals surface area contributed by atoms with Crippen molar-refractivity contribution in [2.75, 3.05) is 18.4 Å². The van der Waals surface area contributed by atoms with E-state index in [9.17, 15) is 35.5 Å². The lowest BCUT2D eigenvalue weighted by atomic mass is 10.1. The molecule has 1 fully saturated rings. The number of carbonyl (C=O) groups is 1. The van der Waals surface area contributed by atoms with Crippen LogP contribution in [-0.4, -0.2) is 57.7 Å². The molecule has 1 amide bonds. The molecular formula is C16H15F7N4O3. The van der Waals surface area contributed by atoms with Crippen LogP contribution in [0.4, 0.5) is 36.6 Å². The van der Waals surface area contributed by atoms with Gasteiger partial charge in [0, 0.05) is 25.2 Å². The minimum atomic E-state index is -5.00. The van der Waals surface area contributed by atoms with Gasteiger partial charge in [-0.1, -0.05) is 0 Å². The van der Waals surface area contributed by atoms with Crippen molar-refractivity contribution in [3.8, 4) is 5.75 Å². The first-order valence-corrected chi connectivity index (χ1v) is 8.29. The number of carbonyl (C=O) groups excluding carboxylic acids is 1. The van der Waals surface area contributed by atoms with E-state index in [0.717, 1.165) is 18.8 Å². The van der Waals surface area contributed by atoms with E-state index in [4.69, 9.17) is 5.11 Å². The van der Waals surface area contributed by atoms with Crippen molar-refractivity contribution in [3.63, 3.8) is 0 Å². The fourth-order valence-electron chi connectivity index (χ4n) is 2.50. The Balaban J connectivity index is 0.000000575. The normalized spacial score (nSPS) is 15.0. The van der Waals surface area contributed by atoms with Crippen molar-refractivity contribution >= 4 is 22.6 Å². The quantitative estimate of drug-likeness (QED) is 0.705. The van der Waals surface area contributed by atoms with Crippen molar-refractivity contribution in [1.82, 2.24) is 14.9 Å². The molecule has 1 aromatic heterocycles. The van der Waals surface area contributed by atoms with Crippen LogP contribution in [0, 0.1) is 5.82 Å². The first kappa shape index (κ1) is 23.4. The van der Waals surface area contributed by atoms with Gasteiger partial charge in [0.15, 0.2) is 0 Å². The Morgan fingerprint density at radius 3 is 2.30 bits per heavy atom. The van der Waals surface area contributed by atoms with Gasteiger partial charge in [0.25, 0.3) is 0 Å². The predicted octanol–water partition coefficient (Wildman–Crippen LogP) is 3.20. The molecule has 1 aromatic carbocycles. The van der Waals surface area contributed by atoms with Crippen LogP contribution in [0.25, 0.3) is 10.9 Å². The number of fused-ring (bicyclic) bond motifs is 1. The van der Waals surface area contributed by atoms with Crippen LogP contribution >= 0.6 is 0 Å². The summed E-state index contributed by atoms with van der Waals surface area (Å²) in [5, 5.41) is 9.21. The molecule has 1 atom stereocenters. The third-order valence-corrected chi connectivity index (χ3v) is 3.79. The van der Waals surface area contributed by atoms with Crippen molar-refractivity contribution in [1.29, 1.82) is 0 Å². The van der Waals surface area contributed by atoms with Crippen molar-refractivity contribution in [2.24, 2.45) is 0 Å². The van der Waals surface area contributed by atoms with Crippen LogP contribution < -0.4 is 10.1 Å². The molecule has 166 valence electrons. The third-order valence-electron chi connectivity index (χ3n) is 3.79. The monoisotopic (exact) mass is 444 g/mol. The number of halogens is 7. The van der Waals surface area contributed by atoms with Gasteiger partial charge in [-0.2, -0.15) is 0 Å². The predicted molar refractivity (Wildman–Crippen MR) is 88.7 cm³/mol. The zero-order valence-corrected chi connectivity index (χ0v) is 15.2. The molecule has 2 N–H and O–H groups in total. The molecule has 0 spiro atoms. The number of aliphatic hydroxyl groups is 1. The van der Waals surface area contributed by atoms with Crippen LogP contribution in [0.1, 0.15) is 13.3 Å². The second kappa shape index (κ2) is 8.85. The number of benzene rings is 1. The van der Waals surface area contributed by atoms with Gasteiger partial charge in [-0.3, -0.25) is 4.79 Å². The standard InChI is InChI=1S/C15H14F4N4O2.CHF3O/c1-8(14(24)23-3-2-4-23)22-13-12-10(16)5-9(25-15(17,18)19)6-11(12)20-7-21-13;2-1(3,4)5/h5-8H,2-4H2,1H3,(H,20,21,22);5H/t8-;/m1./s1. The average molecular weight is 444 g/mol. The summed E-state index contributed by atoms with van der Waals surface area (Å²) in [4.78, 5) is 21.5. The van der Waals surface area contributed by atoms with Gasteiger partial charge in [0.05, 0.1) is 10.9 Å². The smallest absolute Gasteiger partial charge is 0.406 e. The highest BCUT2D eigenvalue weighted by atomic mass is 19.4. The molecule has 0 saturated carbocycles. The number of nitrogens with one attached hydrogen (secondary N) is 1. The molecule has 1 aliphatic heterocycles. The molecule has 0 aliphatic carbocycles. The number of rotatable bonds is 4. The largest absolute Gasteiger partial charge is 0.573 e. The molecule has 0 unspecified atom stereocenters. The number of aromatic nitrogens is 2. The van der Waals surface area contributed by atoms with Gasteiger partial charge >= 0.3 is 12.7 Å². The van der Waals surface area contributed by atoms with E-state index in [0.29, 0.717) is 19.2 Å². The summed E-state index contributed by atoms with van der Waals surface area (Å²) in [5.41, 5.74) is -0.0691. The highest BCUT2D eigenvalue weighted by Gasteiger charge is 2.32. The van der Waals surface area contributed by atoms with Gasteiger partial charge in [-0.25, -0.2) is 14.4 Å². The van der Waals surface area contributed by atoms with Crippen LogP contribution in [-0.2, 0) is 4.79 Å². The molecule has 3 rings (SSSR count). The van der Waals surface area contributed by atoms with Crippen LogP contribution in [0.5, 0.6) is 5.75 Å². The third kappa shape index (κ3) is 6.86. The van der Waals surface area contributed by atoms with Crippen LogP contribution in [0.15, 0.2) is 18.5 Å². The Morgan fingerprint density at radius 2 is 1.80 bits per heavy atom. The molecule has 0 radical (unpaired) electrons. The SMILES string of the molecule is C[C@@H](Nc1ncnc2cc(OC(F)(F)F)cc(F)c12)C(=O)N1CCC1.OC(F)(F)F. The Bertz CT molecular complexity index is 895. The maximum atomic E-state index is 14.3. The number of alkyl halides is 6. The molecule has 1 aliphatic rings. The lowest BCUT2D eigenvalue weighted by Gasteiger charge is -2.33. The van der Waals surface area contributed by atoms with E-state index in [1.54, 1.807) is 11.8 Å². The molecule has 2 aromatic rings. The number of hydrogen-bond acceptors (Lipinski definition) is 6. The van der Waals surface area contributed by atoms with E-state index in [1.807, 2.05) is 0 Å². The highest BCUT2D eigenvalue weighted by molar-refractivity contribution is 5.93. The van der Waals surface area contributed by atoms with Crippen LogP contribution in [0.2, 0.25) is 0 Å². The highest BCUT2D eigenvalue weighted by Crippen LogP contribution is 2.30. The molecular weight excluding hydrogens is 429 g/mol. The zero-order chi connectivity index (χ0) is 22.7. The number of nitrogens with zero attached hydrogens (tertiary/aromatic N) is 3. The summed E-state index contributed by atoms with van der Waals surface area (Å²) in [7, 11) is 0. The minimum Gasteiger partial charge on any atom is -0.406 e. The van der Waals surface area contributed by atoms with Crippen LogP contribution in [0.3, 0.4) is 0 Å². The lowest BCUT2D eigenvalue weighted by Crippen LogP contribution is -2.48. The summed E-state index contributed by atoms with van der Waals surface area (Å²) in [5.74, 6) is -1.83. The molecule has 30 heavy (non-hydrogen) atoms. The van der Waals surface area contributed by atoms with Gasteiger partial charge in [0.2, 0.25) is 5.91 Å². The Labute approximate surface area is 164 Å². The van der Waals surface area contributed by atoms with E-state index in [-0.39, 0.29) is 22.6 Å². The van der Waals surface area contributed by atoms with E-state index in [2.05, 4.69) is 20.0 Å². The number of amides is 1. The lowest BCUT2D eigenvalue weighted by molar-refractivity contribution is -0.295. The van der Waals surface area contributed by atoms with Gasteiger partial charge < -0.3 is 20.1 Å². The Hall–Kier alpha value is -2.90. The fourth-order valence-corrected chi connectivity index (χ4v) is 2.50. The number of hydrogen-bond donors (Lipinski definition) is 2. The summed E-state index contributed by atoms with van der Waals surface area (Å²) < 4.78 is 84.6. The first-order chi connectivity index (χ1) is 13.7. The number of anilines is 1. The summed E-state index contributed by atoms with van der Waals surface area (Å²) in [6, 6.07) is 0.899. The summed E-state index contributed by atoms with van der Waals surface area (Å²) >= 11 is 0. The average Bonchev–Trinajstić information content (AvgIpc) is 2.49. The topological polar surface area (TPSA) is 87.6 Å². The molecule has 1 saturated heterocycles. The Morgan fingerprint density at radius 1 is 1.20 bits per heavy atom. The zero-order valence-electron chi connectivity index (χ0n) is 15.2. The van der Waals surface area contributed by atoms with E-state index >= 15 is 0 Å². The van der Waals surface area contributed by atoms with Gasteiger partial charge in [-0.15, -0.1) is 26.3 Å². The Kier molecular flexibility index (Phi) is 6.90. The van der Waals surface area contributed by atoms with Gasteiger partial charge in [0.1, 0.15) is 29.8 Å². The second-order valence-electron chi connectivity index (χ2n) is 6.08. The minimum absolute atomic E-state index is 0.0300. The molecule has 14 heteroatoms.